The van der Waals surface area contributed by atoms with Crippen LogP contribution in [0.15, 0.2) is 60.8 Å². The average molecular weight is 324 g/mol. The van der Waals surface area contributed by atoms with Crippen LogP contribution in [0.1, 0.15) is 21.6 Å². The number of carbonyl (C=O) groups is 1. The van der Waals surface area contributed by atoms with E-state index in [2.05, 4.69) is 5.10 Å². The van der Waals surface area contributed by atoms with Crippen molar-refractivity contribution in [1.29, 1.82) is 0 Å². The SMILES string of the molecule is Cc1c(C(=O)/C=C/c2cccc(F)c2)cnn1-c1ccc(F)cc1. The zero-order valence-electron chi connectivity index (χ0n) is 12.9. The third-order valence-electron chi connectivity index (χ3n) is 3.62. The number of aromatic nitrogens is 2. The second kappa shape index (κ2) is 6.58. The highest BCUT2D eigenvalue weighted by molar-refractivity contribution is 6.07. The summed E-state index contributed by atoms with van der Waals surface area (Å²) < 4.78 is 27.7. The van der Waals surface area contributed by atoms with E-state index in [0.717, 1.165) is 0 Å². The van der Waals surface area contributed by atoms with Gasteiger partial charge in [-0.1, -0.05) is 18.2 Å². The molecule has 1 aromatic heterocycles. The molecule has 2 aromatic carbocycles. The van der Waals surface area contributed by atoms with E-state index >= 15 is 0 Å². The Labute approximate surface area is 137 Å². The molecule has 0 amide bonds. The Hall–Kier alpha value is -3.08. The van der Waals surface area contributed by atoms with Crippen molar-refractivity contribution < 1.29 is 13.6 Å². The lowest BCUT2D eigenvalue weighted by Crippen LogP contribution is -2.01. The largest absolute Gasteiger partial charge is 0.289 e. The molecule has 3 nitrogen and oxygen atoms in total. The highest BCUT2D eigenvalue weighted by atomic mass is 19.1. The van der Waals surface area contributed by atoms with Crippen LogP contribution in [0, 0.1) is 18.6 Å². The van der Waals surface area contributed by atoms with E-state index in [1.165, 1.54) is 36.5 Å². The molecule has 0 atom stereocenters. The Morgan fingerprint density at radius 3 is 2.54 bits per heavy atom. The molecule has 0 saturated carbocycles. The summed E-state index contributed by atoms with van der Waals surface area (Å²) in [6, 6.07) is 11.8. The number of hydrogen-bond donors (Lipinski definition) is 0. The van der Waals surface area contributed by atoms with Crippen molar-refractivity contribution in [2.24, 2.45) is 0 Å². The molecule has 0 fully saturated rings. The maximum absolute atomic E-state index is 13.1. The van der Waals surface area contributed by atoms with Crippen LogP contribution in [-0.4, -0.2) is 15.6 Å². The van der Waals surface area contributed by atoms with Gasteiger partial charge in [0.2, 0.25) is 0 Å². The Kier molecular flexibility index (Phi) is 4.33. The number of hydrogen-bond acceptors (Lipinski definition) is 2. The van der Waals surface area contributed by atoms with Crippen molar-refractivity contribution in [2.75, 3.05) is 0 Å². The number of halogens is 2. The van der Waals surface area contributed by atoms with Crippen LogP contribution in [0.3, 0.4) is 0 Å². The molecule has 3 aromatic rings. The van der Waals surface area contributed by atoms with Crippen LogP contribution >= 0.6 is 0 Å². The van der Waals surface area contributed by atoms with Crippen molar-refractivity contribution in [3.63, 3.8) is 0 Å². The molecule has 0 N–H and O–H groups in total. The zero-order valence-corrected chi connectivity index (χ0v) is 12.9. The predicted octanol–water partition coefficient (Wildman–Crippen LogP) is 4.36. The molecule has 5 heteroatoms. The maximum atomic E-state index is 13.1. The van der Waals surface area contributed by atoms with Crippen LogP contribution < -0.4 is 0 Å². The standard InChI is InChI=1S/C19H14F2N2O/c1-13-18(12-22-23(13)17-8-6-15(20)7-9-17)19(24)10-5-14-3-2-4-16(21)11-14/h2-12H,1H3/b10-5+. The molecule has 0 unspecified atom stereocenters. The number of rotatable bonds is 4. The summed E-state index contributed by atoms with van der Waals surface area (Å²) in [5, 5.41) is 4.19. The van der Waals surface area contributed by atoms with E-state index in [1.807, 2.05) is 0 Å². The van der Waals surface area contributed by atoms with Gasteiger partial charge in [-0.15, -0.1) is 0 Å². The first-order valence-corrected chi connectivity index (χ1v) is 7.33. The van der Waals surface area contributed by atoms with E-state index in [1.54, 1.807) is 41.9 Å². The van der Waals surface area contributed by atoms with Gasteiger partial charge in [0.1, 0.15) is 11.6 Å². The molecule has 3 rings (SSSR count). The summed E-state index contributed by atoms with van der Waals surface area (Å²) in [6.07, 6.45) is 4.41. The summed E-state index contributed by atoms with van der Waals surface area (Å²) in [5.74, 6) is -0.923. The lowest BCUT2D eigenvalue weighted by Gasteiger charge is -2.04. The third kappa shape index (κ3) is 3.30. The fourth-order valence-corrected chi connectivity index (χ4v) is 2.37. The predicted molar refractivity (Wildman–Crippen MR) is 88.0 cm³/mol. The molecule has 0 radical (unpaired) electrons. The van der Waals surface area contributed by atoms with E-state index < -0.39 is 0 Å². The van der Waals surface area contributed by atoms with Gasteiger partial charge in [-0.2, -0.15) is 5.10 Å². The summed E-state index contributed by atoms with van der Waals surface area (Å²) in [4.78, 5) is 12.3. The topological polar surface area (TPSA) is 34.9 Å². The number of nitrogens with zero attached hydrogens (tertiary/aromatic N) is 2. The molecule has 0 aliphatic rings. The van der Waals surface area contributed by atoms with Gasteiger partial charge in [-0.3, -0.25) is 4.79 Å². The fourth-order valence-electron chi connectivity index (χ4n) is 2.37. The van der Waals surface area contributed by atoms with Gasteiger partial charge in [0.05, 0.1) is 23.1 Å². The molecule has 0 bridgehead atoms. The van der Waals surface area contributed by atoms with Crippen molar-refractivity contribution in [3.05, 3.63) is 89.3 Å². The number of ketones is 1. The smallest absolute Gasteiger partial charge is 0.189 e. The highest BCUT2D eigenvalue weighted by Gasteiger charge is 2.13. The molecular formula is C19H14F2N2O. The summed E-state index contributed by atoms with van der Waals surface area (Å²) in [5.41, 5.74) is 2.36. The van der Waals surface area contributed by atoms with Gasteiger partial charge in [0.25, 0.3) is 0 Å². The Morgan fingerprint density at radius 2 is 1.83 bits per heavy atom. The van der Waals surface area contributed by atoms with Gasteiger partial charge >= 0.3 is 0 Å². The average Bonchev–Trinajstić information content (AvgIpc) is 2.95. The zero-order chi connectivity index (χ0) is 17.1. The number of allylic oxidation sites excluding steroid dienone is 1. The van der Waals surface area contributed by atoms with Gasteiger partial charge in [-0.25, -0.2) is 13.5 Å². The van der Waals surface area contributed by atoms with E-state index in [9.17, 15) is 13.6 Å². The molecule has 0 aliphatic carbocycles. The Morgan fingerprint density at radius 1 is 1.08 bits per heavy atom. The quantitative estimate of drug-likeness (QED) is 0.528. The number of benzene rings is 2. The lowest BCUT2D eigenvalue weighted by molar-refractivity contribution is 0.104. The highest BCUT2D eigenvalue weighted by Crippen LogP contribution is 2.16. The molecule has 0 saturated heterocycles. The van der Waals surface area contributed by atoms with Crippen LogP contribution in [0.2, 0.25) is 0 Å². The third-order valence-corrected chi connectivity index (χ3v) is 3.62. The molecule has 1 heterocycles. The normalized spacial score (nSPS) is 11.1. The minimum atomic E-state index is -0.357. The van der Waals surface area contributed by atoms with Gasteiger partial charge < -0.3 is 0 Å². The second-order valence-corrected chi connectivity index (χ2v) is 5.28. The van der Waals surface area contributed by atoms with Crippen LogP contribution in [-0.2, 0) is 0 Å². The van der Waals surface area contributed by atoms with Crippen LogP contribution in [0.5, 0.6) is 0 Å². The summed E-state index contributed by atoms with van der Waals surface area (Å²) >= 11 is 0. The van der Waals surface area contributed by atoms with Crippen molar-refractivity contribution in [1.82, 2.24) is 9.78 Å². The monoisotopic (exact) mass is 324 g/mol. The van der Waals surface area contributed by atoms with E-state index in [4.69, 9.17) is 0 Å². The molecule has 0 aliphatic heterocycles. The van der Waals surface area contributed by atoms with Crippen LogP contribution in [0.25, 0.3) is 11.8 Å². The first kappa shape index (κ1) is 15.8. The summed E-state index contributed by atoms with van der Waals surface area (Å²) in [7, 11) is 0. The maximum Gasteiger partial charge on any atom is 0.189 e. The van der Waals surface area contributed by atoms with Crippen molar-refractivity contribution in [3.8, 4) is 5.69 Å². The lowest BCUT2D eigenvalue weighted by atomic mass is 10.1. The van der Waals surface area contributed by atoms with E-state index in [-0.39, 0.29) is 17.4 Å². The first-order chi connectivity index (χ1) is 11.5. The minimum Gasteiger partial charge on any atom is -0.289 e. The van der Waals surface area contributed by atoms with Crippen LogP contribution in [0.4, 0.5) is 8.78 Å². The molecule has 120 valence electrons. The molecular weight excluding hydrogens is 310 g/mol. The molecule has 0 spiro atoms. The van der Waals surface area contributed by atoms with Gasteiger partial charge in [0, 0.05) is 0 Å². The van der Waals surface area contributed by atoms with Gasteiger partial charge in [-0.05, 0) is 55.0 Å². The Balaban J connectivity index is 1.85. The van der Waals surface area contributed by atoms with Crippen molar-refractivity contribution >= 4 is 11.9 Å². The molecule has 24 heavy (non-hydrogen) atoms. The minimum absolute atomic E-state index is 0.231. The summed E-state index contributed by atoms with van der Waals surface area (Å²) in [6.45, 7) is 1.76. The first-order valence-electron chi connectivity index (χ1n) is 7.33. The Bertz CT molecular complexity index is 911. The number of carbonyl (C=O) groups excluding carboxylic acids is 1. The van der Waals surface area contributed by atoms with E-state index in [0.29, 0.717) is 22.5 Å². The van der Waals surface area contributed by atoms with Crippen molar-refractivity contribution in [2.45, 2.75) is 6.92 Å². The van der Waals surface area contributed by atoms with Gasteiger partial charge in [0.15, 0.2) is 5.78 Å². The second-order valence-electron chi connectivity index (χ2n) is 5.28. The fraction of sp³-hybridized carbons (Fsp3) is 0.0526.